The van der Waals surface area contributed by atoms with Crippen LogP contribution in [0.2, 0.25) is 0 Å². The van der Waals surface area contributed by atoms with Crippen molar-refractivity contribution < 1.29 is 0 Å². The number of nitrogens with one attached hydrogen (secondary N) is 3. The first-order valence-corrected chi connectivity index (χ1v) is 15.5. The summed E-state index contributed by atoms with van der Waals surface area (Å²) in [5, 5.41) is 10.8. The van der Waals surface area contributed by atoms with Gasteiger partial charge in [0.1, 0.15) is 0 Å². The molecule has 2 aromatic rings. The van der Waals surface area contributed by atoms with E-state index >= 15 is 0 Å². The van der Waals surface area contributed by atoms with Crippen molar-refractivity contribution in [3.63, 3.8) is 0 Å². The summed E-state index contributed by atoms with van der Waals surface area (Å²) >= 11 is 0. The van der Waals surface area contributed by atoms with E-state index in [1.165, 1.54) is 59.1 Å². The van der Waals surface area contributed by atoms with Crippen LogP contribution >= 0.6 is 12.4 Å². The molecule has 0 bridgehead atoms. The van der Waals surface area contributed by atoms with E-state index in [2.05, 4.69) is 108 Å². The molecule has 5 N–H and O–H groups in total. The molecule has 0 heterocycles. The minimum atomic E-state index is 0. The van der Waals surface area contributed by atoms with Crippen LogP contribution in [-0.2, 0) is 23.7 Å². The van der Waals surface area contributed by atoms with Crippen molar-refractivity contribution in [1.82, 2.24) is 16.0 Å². The van der Waals surface area contributed by atoms with Gasteiger partial charge in [-0.05, 0) is 96.6 Å². The van der Waals surface area contributed by atoms with Gasteiger partial charge in [0.2, 0.25) is 0 Å². The van der Waals surface area contributed by atoms with Crippen LogP contribution in [0, 0.1) is 13.8 Å². The van der Waals surface area contributed by atoms with Crippen molar-refractivity contribution in [3.05, 3.63) is 69.8 Å². The summed E-state index contributed by atoms with van der Waals surface area (Å²) in [4.78, 5) is 0. The number of halogens is 1. The summed E-state index contributed by atoms with van der Waals surface area (Å²) in [6.45, 7) is 23.9. The zero-order chi connectivity index (χ0) is 28.9. The number of hydrogen-bond donors (Lipinski definition) is 4. The molecule has 40 heavy (non-hydrogen) atoms. The van der Waals surface area contributed by atoms with Crippen LogP contribution in [0.25, 0.3) is 0 Å². The molecule has 0 aromatic heterocycles. The van der Waals surface area contributed by atoms with E-state index in [9.17, 15) is 0 Å². The van der Waals surface area contributed by atoms with Gasteiger partial charge < -0.3 is 21.7 Å². The summed E-state index contributed by atoms with van der Waals surface area (Å²) in [6.07, 6.45) is 7.20. The average Bonchev–Trinajstić information content (AvgIpc) is 2.86. The molecule has 4 nitrogen and oxygen atoms in total. The fraction of sp³-hybridized carbons (Fsp3) is 0.657. The van der Waals surface area contributed by atoms with Crippen LogP contribution in [-0.4, -0.2) is 45.3 Å². The maximum absolute atomic E-state index is 5.55. The highest BCUT2D eigenvalue weighted by Gasteiger charge is 2.17. The van der Waals surface area contributed by atoms with Crippen molar-refractivity contribution in [2.24, 2.45) is 5.73 Å². The molecule has 0 saturated heterocycles. The normalized spacial score (nSPS) is 12.2. The van der Waals surface area contributed by atoms with Crippen LogP contribution in [0.1, 0.15) is 101 Å². The van der Waals surface area contributed by atoms with Crippen molar-refractivity contribution >= 4 is 12.4 Å². The molecular weight excluding hydrogens is 512 g/mol. The van der Waals surface area contributed by atoms with Gasteiger partial charge in [-0.2, -0.15) is 0 Å². The van der Waals surface area contributed by atoms with Gasteiger partial charge in [-0.15, -0.1) is 12.4 Å². The molecule has 0 fully saturated rings. The Morgan fingerprint density at radius 2 is 1.07 bits per heavy atom. The van der Waals surface area contributed by atoms with Crippen LogP contribution in [0.4, 0.5) is 0 Å². The lowest BCUT2D eigenvalue weighted by atomic mass is 9.84. The van der Waals surface area contributed by atoms with Gasteiger partial charge in [0, 0.05) is 45.3 Å². The maximum Gasteiger partial charge on any atom is 0.00793 e. The zero-order valence-electron chi connectivity index (χ0n) is 27.0. The number of benzene rings is 2. The smallest absolute Gasteiger partial charge is 0.00793 e. The third kappa shape index (κ3) is 13.5. The molecule has 2 aromatic carbocycles. The highest BCUT2D eigenvalue weighted by Crippen LogP contribution is 2.27. The quantitative estimate of drug-likeness (QED) is 0.158. The average molecular weight is 573 g/mol. The second-order valence-corrected chi connectivity index (χ2v) is 13.5. The molecule has 0 aliphatic rings. The van der Waals surface area contributed by atoms with Crippen molar-refractivity contribution in [1.29, 1.82) is 0 Å². The molecule has 0 unspecified atom stereocenters. The topological polar surface area (TPSA) is 62.1 Å². The van der Waals surface area contributed by atoms with E-state index in [0.29, 0.717) is 12.6 Å². The number of hydrogen-bond acceptors (Lipinski definition) is 4. The van der Waals surface area contributed by atoms with E-state index in [1.54, 1.807) is 0 Å². The highest BCUT2D eigenvalue weighted by molar-refractivity contribution is 5.85. The van der Waals surface area contributed by atoms with E-state index in [4.69, 9.17) is 5.73 Å². The van der Waals surface area contributed by atoms with Gasteiger partial charge in [-0.1, -0.05) is 77.9 Å². The molecule has 0 aliphatic carbocycles. The van der Waals surface area contributed by atoms with Crippen LogP contribution < -0.4 is 21.7 Å². The lowest BCUT2D eigenvalue weighted by Gasteiger charge is -2.23. The Kier molecular flexibility index (Phi) is 16.6. The number of aryl methyl sites for hydroxylation is 4. The minimum absolute atomic E-state index is 0. The fourth-order valence-electron chi connectivity index (χ4n) is 5.13. The highest BCUT2D eigenvalue weighted by atomic mass is 35.5. The molecule has 0 saturated carbocycles. The molecule has 228 valence electrons. The van der Waals surface area contributed by atoms with Gasteiger partial charge >= 0.3 is 0 Å². The van der Waals surface area contributed by atoms with Crippen LogP contribution in [0.15, 0.2) is 36.4 Å². The summed E-state index contributed by atoms with van der Waals surface area (Å²) in [7, 11) is 0. The lowest BCUT2D eigenvalue weighted by Crippen LogP contribution is -2.37. The van der Waals surface area contributed by atoms with E-state index in [1.807, 2.05) is 0 Å². The molecule has 2 rings (SSSR count). The van der Waals surface area contributed by atoms with Gasteiger partial charge in [-0.3, -0.25) is 0 Å². The van der Waals surface area contributed by atoms with Gasteiger partial charge in [0.05, 0.1) is 0 Å². The summed E-state index contributed by atoms with van der Waals surface area (Å²) < 4.78 is 0. The second-order valence-electron chi connectivity index (χ2n) is 13.5. The molecule has 0 aliphatic heterocycles. The summed E-state index contributed by atoms with van der Waals surface area (Å²) in [6, 6.07) is 14.7. The zero-order valence-corrected chi connectivity index (χ0v) is 27.8. The molecule has 0 spiro atoms. The molecular formula is C35H61ClN4. The number of nitrogens with two attached hydrogens (primary N) is 1. The summed E-state index contributed by atoms with van der Waals surface area (Å²) in [5.41, 5.74) is 14.7. The van der Waals surface area contributed by atoms with E-state index in [-0.39, 0.29) is 23.2 Å². The van der Waals surface area contributed by atoms with Crippen molar-refractivity contribution in [2.45, 2.75) is 111 Å². The SMILES string of the molecule is Cc1ccc(C(C)(C)C)cc1CCCC(CCCc1cc(C(C)(C)C)ccc1C)NCCNCCNCCN.Cl. The Bertz CT molecular complexity index is 905. The fourth-order valence-corrected chi connectivity index (χ4v) is 5.13. The molecule has 0 radical (unpaired) electrons. The Labute approximate surface area is 253 Å². The minimum Gasteiger partial charge on any atom is -0.329 e. The van der Waals surface area contributed by atoms with Crippen LogP contribution in [0.5, 0.6) is 0 Å². The molecule has 0 amide bonds. The lowest BCUT2D eigenvalue weighted by molar-refractivity contribution is 0.426. The first-order valence-electron chi connectivity index (χ1n) is 15.5. The van der Waals surface area contributed by atoms with Crippen molar-refractivity contribution in [2.75, 3.05) is 39.3 Å². The predicted octanol–water partition coefficient (Wildman–Crippen LogP) is 6.76. The Morgan fingerprint density at radius 1 is 0.650 bits per heavy atom. The molecule has 0 atom stereocenters. The third-order valence-electron chi connectivity index (χ3n) is 7.96. The van der Waals surface area contributed by atoms with Gasteiger partial charge in [0.25, 0.3) is 0 Å². The number of rotatable bonds is 17. The first kappa shape index (κ1) is 36.6. The van der Waals surface area contributed by atoms with Crippen LogP contribution in [0.3, 0.4) is 0 Å². The Morgan fingerprint density at radius 3 is 1.50 bits per heavy atom. The Hall–Kier alpha value is -1.43. The first-order chi connectivity index (χ1) is 18.4. The summed E-state index contributed by atoms with van der Waals surface area (Å²) in [5.74, 6) is 0. The van der Waals surface area contributed by atoms with Crippen molar-refractivity contribution in [3.8, 4) is 0 Å². The second kappa shape index (κ2) is 18.2. The molecule has 5 heteroatoms. The van der Waals surface area contributed by atoms with E-state index < -0.39 is 0 Å². The maximum atomic E-state index is 5.55. The third-order valence-corrected chi connectivity index (χ3v) is 7.96. The van der Waals surface area contributed by atoms with Gasteiger partial charge in [-0.25, -0.2) is 0 Å². The standard InChI is InChI=1S/C35H60N4.ClH/c1-27-15-17-31(34(3,4)5)25-29(27)11-9-13-33(39-24-23-38-22-21-37-20-19-36)14-10-12-30-26-32(35(6,7)8)18-16-28(30)2;/h15-18,25-26,33,37-39H,9-14,19-24,36H2,1-8H3;1H. The van der Waals surface area contributed by atoms with Gasteiger partial charge in [0.15, 0.2) is 0 Å². The largest absolute Gasteiger partial charge is 0.329 e. The Balaban J connectivity index is 0.00000800. The van der Waals surface area contributed by atoms with E-state index in [0.717, 1.165) is 45.6 Å². The predicted molar refractivity (Wildman–Crippen MR) is 179 cm³/mol. The monoisotopic (exact) mass is 572 g/mol.